The van der Waals surface area contributed by atoms with Gasteiger partial charge in [-0.2, -0.15) is 0 Å². The zero-order valence-electron chi connectivity index (χ0n) is 17.5. The number of amides is 3. The molecular weight excluding hydrogens is 366 g/mol. The van der Waals surface area contributed by atoms with Crippen molar-refractivity contribution in [2.24, 2.45) is 0 Å². The minimum atomic E-state index is -0.204. The molecule has 2 aromatic carbocycles. The summed E-state index contributed by atoms with van der Waals surface area (Å²) in [5, 5.41) is 8.25. The maximum Gasteiger partial charge on any atom is 0.251 e. The number of carbonyl (C=O) groups is 3. The van der Waals surface area contributed by atoms with Gasteiger partial charge in [0.1, 0.15) is 0 Å². The third kappa shape index (κ3) is 7.07. The molecule has 154 valence electrons. The highest BCUT2D eigenvalue weighted by molar-refractivity contribution is 5.95. The Kier molecular flexibility index (Phi) is 7.53. The first-order valence-electron chi connectivity index (χ1n) is 9.67. The van der Waals surface area contributed by atoms with Crippen molar-refractivity contribution in [1.82, 2.24) is 16.0 Å². The lowest BCUT2D eigenvalue weighted by Gasteiger charge is -2.19. The zero-order valence-corrected chi connectivity index (χ0v) is 17.5. The van der Waals surface area contributed by atoms with Crippen molar-refractivity contribution in [3.8, 4) is 0 Å². The van der Waals surface area contributed by atoms with E-state index in [-0.39, 0.29) is 23.1 Å². The summed E-state index contributed by atoms with van der Waals surface area (Å²) in [6.45, 7) is 8.97. The van der Waals surface area contributed by atoms with Crippen LogP contribution in [0.2, 0.25) is 0 Å². The van der Waals surface area contributed by atoms with Gasteiger partial charge in [0.2, 0.25) is 5.91 Å². The topological polar surface area (TPSA) is 87.3 Å². The summed E-state index contributed by atoms with van der Waals surface area (Å²) in [6.07, 6.45) is 0. The molecule has 0 spiro atoms. The van der Waals surface area contributed by atoms with Crippen molar-refractivity contribution in [1.29, 1.82) is 0 Å². The number of nitrogens with one attached hydrogen (secondary N) is 3. The molecule has 2 rings (SSSR count). The van der Waals surface area contributed by atoms with E-state index in [0.29, 0.717) is 30.8 Å². The number of carbonyl (C=O) groups excluding carboxylic acids is 3. The average Bonchev–Trinajstić information content (AvgIpc) is 2.69. The third-order valence-electron chi connectivity index (χ3n) is 4.47. The molecule has 0 radical (unpaired) electrons. The molecule has 0 aliphatic heterocycles. The van der Waals surface area contributed by atoms with Crippen LogP contribution in [0.5, 0.6) is 0 Å². The first kappa shape index (κ1) is 22.1. The lowest BCUT2D eigenvalue weighted by Crippen LogP contribution is -2.33. The van der Waals surface area contributed by atoms with Gasteiger partial charge >= 0.3 is 0 Å². The molecule has 0 aliphatic carbocycles. The Labute approximate surface area is 172 Å². The van der Waals surface area contributed by atoms with Gasteiger partial charge in [-0.15, -0.1) is 0 Å². The Hall–Kier alpha value is -3.15. The quantitative estimate of drug-likeness (QED) is 0.630. The second-order valence-electron chi connectivity index (χ2n) is 7.95. The van der Waals surface area contributed by atoms with Crippen molar-refractivity contribution < 1.29 is 14.4 Å². The molecule has 29 heavy (non-hydrogen) atoms. The molecule has 0 saturated heterocycles. The molecule has 0 saturated carbocycles. The summed E-state index contributed by atoms with van der Waals surface area (Å²) >= 11 is 0. The summed E-state index contributed by atoms with van der Waals surface area (Å²) in [5.74, 6) is -0.467. The molecular formula is C23H29N3O3. The van der Waals surface area contributed by atoms with E-state index < -0.39 is 0 Å². The van der Waals surface area contributed by atoms with Crippen molar-refractivity contribution >= 4 is 17.7 Å². The van der Waals surface area contributed by atoms with Crippen molar-refractivity contribution in [2.45, 2.75) is 39.7 Å². The Morgan fingerprint density at radius 2 is 1.21 bits per heavy atom. The van der Waals surface area contributed by atoms with Crippen molar-refractivity contribution in [2.75, 3.05) is 13.1 Å². The first-order valence-corrected chi connectivity index (χ1v) is 9.67. The molecule has 3 amide bonds. The zero-order chi connectivity index (χ0) is 21.4. The van der Waals surface area contributed by atoms with E-state index in [2.05, 4.69) is 36.7 Å². The van der Waals surface area contributed by atoms with Crippen LogP contribution < -0.4 is 16.0 Å². The fourth-order valence-corrected chi connectivity index (χ4v) is 2.70. The highest BCUT2D eigenvalue weighted by atomic mass is 16.2. The smallest absolute Gasteiger partial charge is 0.251 e. The Morgan fingerprint density at radius 3 is 1.72 bits per heavy atom. The van der Waals surface area contributed by atoms with Gasteiger partial charge in [0.05, 0.1) is 0 Å². The monoisotopic (exact) mass is 395 g/mol. The van der Waals surface area contributed by atoms with Gasteiger partial charge in [-0.25, -0.2) is 0 Å². The normalized spacial score (nSPS) is 10.9. The second kappa shape index (κ2) is 9.87. The number of hydrogen-bond acceptors (Lipinski definition) is 3. The maximum atomic E-state index is 12.3. The first-order chi connectivity index (χ1) is 13.7. The predicted molar refractivity (Wildman–Crippen MR) is 114 cm³/mol. The summed E-state index contributed by atoms with van der Waals surface area (Å²) in [6, 6.07) is 14.7. The molecule has 0 bridgehead atoms. The van der Waals surface area contributed by atoms with Gasteiger partial charge in [0, 0.05) is 37.7 Å². The van der Waals surface area contributed by atoms with Crippen LogP contribution in [0.15, 0.2) is 48.5 Å². The highest BCUT2D eigenvalue weighted by Gasteiger charge is 2.14. The molecule has 0 heterocycles. The van der Waals surface area contributed by atoms with Gasteiger partial charge in [-0.3, -0.25) is 14.4 Å². The third-order valence-corrected chi connectivity index (χ3v) is 4.47. The van der Waals surface area contributed by atoms with Crippen LogP contribution in [0.25, 0.3) is 0 Å². The SMILES string of the molecule is CC(=O)NCCNC(=O)c1ccc(CNC(=O)c2ccc(C(C)(C)C)cc2)cc1. The van der Waals surface area contributed by atoms with E-state index in [1.165, 1.54) is 12.5 Å². The Bertz CT molecular complexity index is 850. The Morgan fingerprint density at radius 1 is 0.724 bits per heavy atom. The van der Waals surface area contributed by atoms with E-state index in [4.69, 9.17) is 0 Å². The molecule has 0 aliphatic rings. The molecule has 6 nitrogen and oxygen atoms in total. The molecule has 0 fully saturated rings. The van der Waals surface area contributed by atoms with Crippen LogP contribution in [-0.2, 0) is 16.8 Å². The Balaban J connectivity index is 1.84. The molecule has 0 aromatic heterocycles. The minimum absolute atomic E-state index is 0.0486. The van der Waals surface area contributed by atoms with Gasteiger partial charge in [0.25, 0.3) is 11.8 Å². The van der Waals surface area contributed by atoms with Crippen LogP contribution in [0.1, 0.15) is 59.5 Å². The summed E-state index contributed by atoms with van der Waals surface area (Å²) in [4.78, 5) is 35.2. The molecule has 0 unspecified atom stereocenters. The second-order valence-corrected chi connectivity index (χ2v) is 7.95. The number of rotatable bonds is 7. The summed E-state index contributed by atoms with van der Waals surface area (Å²) in [5.41, 5.74) is 3.28. The highest BCUT2D eigenvalue weighted by Crippen LogP contribution is 2.22. The van der Waals surface area contributed by atoms with Gasteiger partial charge in [-0.1, -0.05) is 45.0 Å². The minimum Gasteiger partial charge on any atom is -0.355 e. The van der Waals surface area contributed by atoms with E-state index in [9.17, 15) is 14.4 Å². The number of benzene rings is 2. The largest absolute Gasteiger partial charge is 0.355 e. The fourth-order valence-electron chi connectivity index (χ4n) is 2.70. The van der Waals surface area contributed by atoms with Gasteiger partial charge < -0.3 is 16.0 Å². The van der Waals surface area contributed by atoms with Crippen LogP contribution in [0.4, 0.5) is 0 Å². The van der Waals surface area contributed by atoms with Crippen LogP contribution >= 0.6 is 0 Å². The van der Waals surface area contributed by atoms with Gasteiger partial charge in [0.15, 0.2) is 0 Å². The van der Waals surface area contributed by atoms with Crippen molar-refractivity contribution in [3.63, 3.8) is 0 Å². The molecule has 0 atom stereocenters. The van der Waals surface area contributed by atoms with E-state index >= 15 is 0 Å². The van der Waals surface area contributed by atoms with Crippen LogP contribution in [0, 0.1) is 0 Å². The van der Waals surface area contributed by atoms with Gasteiger partial charge in [-0.05, 0) is 40.8 Å². The van der Waals surface area contributed by atoms with Crippen LogP contribution in [0.3, 0.4) is 0 Å². The predicted octanol–water partition coefficient (Wildman–Crippen LogP) is 2.78. The lowest BCUT2D eigenvalue weighted by atomic mass is 9.87. The standard InChI is InChI=1S/C23H29N3O3/c1-16(27)24-13-14-25-21(28)18-7-5-17(6-8-18)15-26-22(29)19-9-11-20(12-10-19)23(2,3)4/h5-12H,13-15H2,1-4H3,(H,24,27)(H,25,28)(H,26,29). The van der Waals surface area contributed by atoms with E-state index in [1.54, 1.807) is 12.1 Å². The van der Waals surface area contributed by atoms with E-state index in [0.717, 1.165) is 5.56 Å². The maximum absolute atomic E-state index is 12.3. The van der Waals surface area contributed by atoms with Crippen molar-refractivity contribution in [3.05, 3.63) is 70.8 Å². The average molecular weight is 396 g/mol. The number of hydrogen-bond donors (Lipinski definition) is 3. The molecule has 6 heteroatoms. The lowest BCUT2D eigenvalue weighted by molar-refractivity contribution is -0.118. The fraction of sp³-hybridized carbons (Fsp3) is 0.348. The van der Waals surface area contributed by atoms with E-state index in [1.807, 2.05) is 36.4 Å². The summed E-state index contributed by atoms with van der Waals surface area (Å²) < 4.78 is 0. The molecule has 3 N–H and O–H groups in total. The summed E-state index contributed by atoms with van der Waals surface area (Å²) in [7, 11) is 0. The molecule has 2 aromatic rings. The van der Waals surface area contributed by atoms with Crippen LogP contribution in [-0.4, -0.2) is 30.8 Å².